The lowest BCUT2D eigenvalue weighted by Crippen LogP contribution is -2.04. The lowest BCUT2D eigenvalue weighted by atomic mass is 10.2. The topological polar surface area (TPSA) is 48.4 Å². The van der Waals surface area contributed by atoms with Crippen LogP contribution in [0.25, 0.3) is 10.6 Å². The van der Waals surface area contributed by atoms with Gasteiger partial charge in [-0.25, -0.2) is 9.78 Å². The third-order valence-electron chi connectivity index (χ3n) is 3.05. The van der Waals surface area contributed by atoms with E-state index in [1.54, 1.807) is 16.7 Å². The molecular weight excluding hydrogens is 330 g/mol. The van der Waals surface area contributed by atoms with Gasteiger partial charge >= 0.3 is 5.97 Å². The predicted molar refractivity (Wildman–Crippen MR) is 92.2 cm³/mol. The summed E-state index contributed by atoms with van der Waals surface area (Å²) < 4.78 is 10.7. The molecule has 23 heavy (non-hydrogen) atoms. The third kappa shape index (κ3) is 3.97. The maximum atomic E-state index is 12.0. The highest BCUT2D eigenvalue weighted by molar-refractivity contribution is 7.13. The molecule has 4 nitrogen and oxygen atoms in total. The highest BCUT2D eigenvalue weighted by Gasteiger charge is 2.13. The summed E-state index contributed by atoms with van der Waals surface area (Å²) in [5, 5.41) is 4.47. The largest absolute Gasteiger partial charge is 0.494 e. The molecule has 0 aliphatic carbocycles. The van der Waals surface area contributed by atoms with Crippen LogP contribution in [0.15, 0.2) is 47.2 Å². The Labute approximate surface area is 142 Å². The van der Waals surface area contributed by atoms with Crippen molar-refractivity contribution in [2.45, 2.75) is 13.5 Å². The van der Waals surface area contributed by atoms with Gasteiger partial charge in [0.1, 0.15) is 17.4 Å². The second-order valence-electron chi connectivity index (χ2n) is 4.65. The molecular formula is C17H15NO3S2. The molecule has 3 aromatic rings. The first kappa shape index (κ1) is 15.7. The van der Waals surface area contributed by atoms with Crippen LogP contribution < -0.4 is 4.74 Å². The molecule has 3 rings (SSSR count). The molecule has 0 aliphatic heterocycles. The van der Waals surface area contributed by atoms with Crippen molar-refractivity contribution in [3.05, 3.63) is 57.7 Å². The number of hydrogen-bond donors (Lipinski definition) is 0. The minimum atomic E-state index is -0.396. The van der Waals surface area contributed by atoms with E-state index in [-0.39, 0.29) is 6.61 Å². The van der Waals surface area contributed by atoms with Crippen molar-refractivity contribution in [1.82, 2.24) is 4.98 Å². The number of carbonyl (C=O) groups is 1. The van der Waals surface area contributed by atoms with Gasteiger partial charge in [-0.05, 0) is 42.6 Å². The van der Waals surface area contributed by atoms with E-state index < -0.39 is 5.97 Å². The molecule has 0 saturated heterocycles. The van der Waals surface area contributed by atoms with Gasteiger partial charge in [-0.15, -0.1) is 22.7 Å². The Bertz CT molecular complexity index is 764. The number of nitrogens with zero attached hydrogens (tertiary/aromatic N) is 1. The summed E-state index contributed by atoms with van der Waals surface area (Å²) in [7, 11) is 0. The lowest BCUT2D eigenvalue weighted by molar-refractivity contribution is 0.0471. The quantitative estimate of drug-likeness (QED) is 0.611. The number of benzene rings is 1. The SMILES string of the molecule is CCOc1ccc(-c2nc(C(=O)OCc3cccs3)cs2)cc1. The second kappa shape index (κ2) is 7.39. The van der Waals surface area contributed by atoms with Crippen LogP contribution in [0.2, 0.25) is 0 Å². The van der Waals surface area contributed by atoms with Crippen LogP contribution in [0, 0.1) is 0 Å². The highest BCUT2D eigenvalue weighted by Crippen LogP contribution is 2.26. The molecule has 0 bridgehead atoms. The molecule has 0 amide bonds. The second-order valence-corrected chi connectivity index (χ2v) is 6.54. The number of ether oxygens (including phenoxy) is 2. The molecule has 1 aromatic carbocycles. The first-order valence-corrected chi connectivity index (χ1v) is 8.90. The van der Waals surface area contributed by atoms with Gasteiger partial charge in [0.25, 0.3) is 0 Å². The fourth-order valence-electron chi connectivity index (χ4n) is 1.97. The van der Waals surface area contributed by atoms with Crippen LogP contribution in [0.3, 0.4) is 0 Å². The summed E-state index contributed by atoms with van der Waals surface area (Å²) in [6, 6.07) is 11.5. The van der Waals surface area contributed by atoms with Crippen LogP contribution in [0.4, 0.5) is 0 Å². The summed E-state index contributed by atoms with van der Waals surface area (Å²) in [4.78, 5) is 17.4. The average Bonchev–Trinajstić information content (AvgIpc) is 3.25. The minimum Gasteiger partial charge on any atom is -0.494 e. The molecule has 2 heterocycles. The standard InChI is InChI=1S/C17H15NO3S2/c1-2-20-13-7-5-12(6-8-13)16-18-15(11-23-16)17(19)21-10-14-4-3-9-22-14/h3-9,11H,2,10H2,1H3. The van der Waals surface area contributed by atoms with Crippen molar-refractivity contribution >= 4 is 28.6 Å². The molecule has 0 fully saturated rings. The predicted octanol–water partition coefficient (Wildman–Crippen LogP) is 4.63. The van der Waals surface area contributed by atoms with Gasteiger partial charge in [-0.1, -0.05) is 6.07 Å². The zero-order valence-corrected chi connectivity index (χ0v) is 14.2. The van der Waals surface area contributed by atoms with E-state index in [2.05, 4.69) is 4.98 Å². The minimum absolute atomic E-state index is 0.284. The number of esters is 1. The van der Waals surface area contributed by atoms with Crippen LogP contribution in [0.5, 0.6) is 5.75 Å². The Morgan fingerprint density at radius 3 is 2.70 bits per heavy atom. The summed E-state index contributed by atoms with van der Waals surface area (Å²) in [5.74, 6) is 0.426. The van der Waals surface area contributed by atoms with Gasteiger partial charge in [0.15, 0.2) is 5.69 Å². The smallest absolute Gasteiger partial charge is 0.358 e. The van der Waals surface area contributed by atoms with Crippen LogP contribution in [0.1, 0.15) is 22.3 Å². The van der Waals surface area contributed by atoms with E-state index in [1.165, 1.54) is 11.3 Å². The Morgan fingerprint density at radius 2 is 2.00 bits per heavy atom. The number of thiazole rings is 1. The first-order valence-electron chi connectivity index (χ1n) is 7.14. The maximum absolute atomic E-state index is 12.0. The van der Waals surface area contributed by atoms with Crippen LogP contribution in [-0.2, 0) is 11.3 Å². The van der Waals surface area contributed by atoms with Crippen molar-refractivity contribution in [2.24, 2.45) is 0 Å². The Kier molecular flexibility index (Phi) is 5.05. The number of carbonyl (C=O) groups excluding carboxylic acids is 1. The number of hydrogen-bond acceptors (Lipinski definition) is 6. The van der Waals surface area contributed by atoms with Gasteiger partial charge in [0, 0.05) is 15.8 Å². The van der Waals surface area contributed by atoms with E-state index in [1.807, 2.05) is 48.7 Å². The normalized spacial score (nSPS) is 10.5. The fourth-order valence-corrected chi connectivity index (χ4v) is 3.38. The van der Waals surface area contributed by atoms with Gasteiger partial charge in [0.05, 0.1) is 6.61 Å². The third-order valence-corrected chi connectivity index (χ3v) is 4.79. The average molecular weight is 345 g/mol. The summed E-state index contributed by atoms with van der Waals surface area (Å²) in [6.07, 6.45) is 0. The van der Waals surface area contributed by atoms with Crippen molar-refractivity contribution < 1.29 is 14.3 Å². The van der Waals surface area contributed by atoms with E-state index in [9.17, 15) is 4.79 Å². The van der Waals surface area contributed by atoms with Gasteiger partial charge < -0.3 is 9.47 Å². The monoisotopic (exact) mass is 345 g/mol. The zero-order valence-electron chi connectivity index (χ0n) is 12.5. The molecule has 0 N–H and O–H groups in total. The maximum Gasteiger partial charge on any atom is 0.358 e. The number of thiophene rings is 1. The van der Waals surface area contributed by atoms with Crippen molar-refractivity contribution in [3.8, 4) is 16.3 Å². The van der Waals surface area contributed by atoms with E-state index >= 15 is 0 Å². The number of rotatable bonds is 6. The Balaban J connectivity index is 1.66. The summed E-state index contributed by atoms with van der Waals surface area (Å²) in [5.41, 5.74) is 1.30. The van der Waals surface area contributed by atoms with E-state index in [0.29, 0.717) is 12.3 Å². The van der Waals surface area contributed by atoms with Crippen molar-refractivity contribution in [1.29, 1.82) is 0 Å². The molecule has 2 aromatic heterocycles. The zero-order chi connectivity index (χ0) is 16.1. The molecule has 6 heteroatoms. The number of aromatic nitrogens is 1. The van der Waals surface area contributed by atoms with Crippen LogP contribution >= 0.6 is 22.7 Å². The molecule has 0 unspecified atom stereocenters. The summed E-state index contributed by atoms with van der Waals surface area (Å²) >= 11 is 2.98. The Morgan fingerprint density at radius 1 is 1.17 bits per heavy atom. The molecule has 0 atom stereocenters. The first-order chi connectivity index (χ1) is 11.3. The van der Waals surface area contributed by atoms with Gasteiger partial charge in [-0.2, -0.15) is 0 Å². The highest BCUT2D eigenvalue weighted by atomic mass is 32.1. The fraction of sp³-hybridized carbons (Fsp3) is 0.176. The summed E-state index contributed by atoms with van der Waals surface area (Å²) in [6.45, 7) is 2.87. The van der Waals surface area contributed by atoms with Gasteiger partial charge in [0.2, 0.25) is 0 Å². The van der Waals surface area contributed by atoms with Crippen molar-refractivity contribution in [2.75, 3.05) is 6.61 Å². The molecule has 118 valence electrons. The Hall–Kier alpha value is -2.18. The lowest BCUT2D eigenvalue weighted by Gasteiger charge is -2.03. The van der Waals surface area contributed by atoms with E-state index in [0.717, 1.165) is 21.2 Å². The molecule has 0 aliphatic rings. The molecule has 0 radical (unpaired) electrons. The van der Waals surface area contributed by atoms with Crippen molar-refractivity contribution in [3.63, 3.8) is 0 Å². The molecule has 0 saturated carbocycles. The van der Waals surface area contributed by atoms with E-state index in [4.69, 9.17) is 9.47 Å². The van der Waals surface area contributed by atoms with Crippen LogP contribution in [-0.4, -0.2) is 17.6 Å². The molecule has 0 spiro atoms. The van der Waals surface area contributed by atoms with Gasteiger partial charge in [-0.3, -0.25) is 0 Å².